The van der Waals surface area contributed by atoms with Gasteiger partial charge >= 0.3 is 0 Å². The summed E-state index contributed by atoms with van der Waals surface area (Å²) >= 11 is 1.81. The van der Waals surface area contributed by atoms with Crippen LogP contribution in [0.5, 0.6) is 0 Å². The molecule has 0 spiro atoms. The second kappa shape index (κ2) is 5.41. The van der Waals surface area contributed by atoms with E-state index in [1.807, 2.05) is 16.7 Å². The Morgan fingerprint density at radius 2 is 2.25 bits per heavy atom. The fraction of sp³-hybridized carbons (Fsp3) is 0.562. The zero-order valence-electron chi connectivity index (χ0n) is 12.4. The predicted molar refractivity (Wildman–Crippen MR) is 83.5 cm³/mol. The lowest BCUT2D eigenvalue weighted by atomic mass is 9.99. The van der Waals surface area contributed by atoms with Gasteiger partial charge in [0.1, 0.15) is 0 Å². The number of carbonyl (C=O) groups excluding carboxylic acids is 1. The number of rotatable bonds is 3. The molecule has 1 saturated heterocycles. The summed E-state index contributed by atoms with van der Waals surface area (Å²) in [6.07, 6.45) is 1.02. The number of thioether (sulfide) groups is 1. The van der Waals surface area contributed by atoms with E-state index < -0.39 is 0 Å². The molecular weight excluding hydrogens is 268 g/mol. The van der Waals surface area contributed by atoms with Crippen molar-refractivity contribution in [3.63, 3.8) is 0 Å². The summed E-state index contributed by atoms with van der Waals surface area (Å²) < 4.78 is 0. The molecule has 2 heterocycles. The van der Waals surface area contributed by atoms with Crippen LogP contribution < -0.4 is 5.32 Å². The number of nitrogens with zero attached hydrogens (tertiary/aromatic N) is 1. The summed E-state index contributed by atoms with van der Waals surface area (Å²) in [5, 5.41) is 3.91. The standard InChI is InChI=1S/C16H22N2OS/c1-4-11-7-12-13-9-17-5-6-18(13)16(19)15(12)14(8-11)20-10(2)3/h7-8,10,13,17H,4-6,9H2,1-3H3. The Balaban J connectivity index is 2.10. The van der Waals surface area contributed by atoms with Gasteiger partial charge in [0.05, 0.1) is 11.6 Å². The van der Waals surface area contributed by atoms with Crippen molar-refractivity contribution in [2.24, 2.45) is 0 Å². The first-order valence-corrected chi connectivity index (χ1v) is 8.35. The highest BCUT2D eigenvalue weighted by Crippen LogP contribution is 2.41. The van der Waals surface area contributed by atoms with Crippen LogP contribution in [0.3, 0.4) is 0 Å². The van der Waals surface area contributed by atoms with Gasteiger partial charge in [-0.2, -0.15) is 0 Å². The zero-order valence-corrected chi connectivity index (χ0v) is 13.2. The van der Waals surface area contributed by atoms with Crippen LogP contribution >= 0.6 is 11.8 Å². The van der Waals surface area contributed by atoms with Gasteiger partial charge in [-0.15, -0.1) is 11.8 Å². The Morgan fingerprint density at radius 3 is 2.95 bits per heavy atom. The van der Waals surface area contributed by atoms with Gasteiger partial charge in [0.2, 0.25) is 0 Å². The van der Waals surface area contributed by atoms with Crippen LogP contribution in [0, 0.1) is 0 Å². The number of fused-ring (bicyclic) bond motifs is 3. The summed E-state index contributed by atoms with van der Waals surface area (Å²) in [7, 11) is 0. The number of aryl methyl sites for hydroxylation is 1. The molecule has 1 N–H and O–H groups in total. The Morgan fingerprint density at radius 1 is 1.45 bits per heavy atom. The molecule has 1 fully saturated rings. The van der Waals surface area contributed by atoms with Crippen LogP contribution in [0.4, 0.5) is 0 Å². The first-order valence-electron chi connectivity index (χ1n) is 7.47. The fourth-order valence-corrected chi connectivity index (χ4v) is 4.16. The van der Waals surface area contributed by atoms with Crippen LogP contribution in [-0.2, 0) is 6.42 Å². The maximum Gasteiger partial charge on any atom is 0.255 e. The van der Waals surface area contributed by atoms with E-state index in [9.17, 15) is 4.79 Å². The highest BCUT2D eigenvalue weighted by molar-refractivity contribution is 8.00. The van der Waals surface area contributed by atoms with Gasteiger partial charge in [0.15, 0.2) is 0 Å². The van der Waals surface area contributed by atoms with Gasteiger partial charge in [-0.3, -0.25) is 4.79 Å². The number of hydrogen-bond acceptors (Lipinski definition) is 3. The van der Waals surface area contributed by atoms with E-state index in [0.717, 1.165) is 31.6 Å². The largest absolute Gasteiger partial charge is 0.329 e. The fourth-order valence-electron chi connectivity index (χ4n) is 3.11. The molecule has 1 aromatic rings. The summed E-state index contributed by atoms with van der Waals surface area (Å²) in [5.41, 5.74) is 3.55. The molecule has 0 aliphatic carbocycles. The molecule has 1 atom stereocenters. The Kier molecular flexibility index (Phi) is 3.78. The van der Waals surface area contributed by atoms with Gasteiger partial charge in [-0.1, -0.05) is 26.8 Å². The van der Waals surface area contributed by atoms with Crippen molar-refractivity contribution in [2.45, 2.75) is 43.4 Å². The second-order valence-corrected chi connectivity index (χ2v) is 7.42. The van der Waals surface area contributed by atoms with E-state index in [1.165, 1.54) is 16.0 Å². The highest BCUT2D eigenvalue weighted by atomic mass is 32.2. The lowest BCUT2D eigenvalue weighted by Crippen LogP contribution is -2.44. The average molecular weight is 290 g/mol. The predicted octanol–water partition coefficient (Wildman–Crippen LogP) is 2.85. The van der Waals surface area contributed by atoms with Crippen molar-refractivity contribution in [2.75, 3.05) is 19.6 Å². The minimum atomic E-state index is 0.234. The molecule has 3 nitrogen and oxygen atoms in total. The molecule has 3 rings (SSSR count). The van der Waals surface area contributed by atoms with Crippen LogP contribution in [-0.4, -0.2) is 35.7 Å². The maximum atomic E-state index is 12.7. The topological polar surface area (TPSA) is 32.3 Å². The first kappa shape index (κ1) is 14.0. The molecule has 4 heteroatoms. The Bertz CT molecular complexity index is 542. The number of hydrogen-bond donors (Lipinski definition) is 1. The number of nitrogens with one attached hydrogen (secondary N) is 1. The summed E-state index contributed by atoms with van der Waals surface area (Å²) in [6, 6.07) is 4.70. The summed E-state index contributed by atoms with van der Waals surface area (Å²) in [6.45, 7) is 9.17. The van der Waals surface area contributed by atoms with E-state index >= 15 is 0 Å². The first-order chi connectivity index (χ1) is 9.61. The van der Waals surface area contributed by atoms with Gasteiger partial charge in [-0.05, 0) is 23.6 Å². The summed E-state index contributed by atoms with van der Waals surface area (Å²) in [4.78, 5) is 15.9. The van der Waals surface area contributed by atoms with E-state index in [-0.39, 0.29) is 11.9 Å². The highest BCUT2D eigenvalue weighted by Gasteiger charge is 2.39. The van der Waals surface area contributed by atoms with E-state index in [2.05, 4.69) is 38.2 Å². The Hall–Kier alpha value is -1.00. The van der Waals surface area contributed by atoms with E-state index in [1.54, 1.807) is 0 Å². The molecule has 1 aromatic carbocycles. The smallest absolute Gasteiger partial charge is 0.255 e. The molecule has 2 aliphatic heterocycles. The van der Waals surface area contributed by atoms with Crippen molar-refractivity contribution in [1.82, 2.24) is 10.2 Å². The number of carbonyl (C=O) groups is 1. The third-order valence-corrected chi connectivity index (χ3v) is 5.09. The third kappa shape index (κ3) is 2.25. The van der Waals surface area contributed by atoms with Crippen LogP contribution in [0.1, 0.15) is 48.3 Å². The summed E-state index contributed by atoms with van der Waals surface area (Å²) in [5.74, 6) is 0.234. The SMILES string of the molecule is CCc1cc(SC(C)C)c2c(c1)C1CNCCN1C2=O. The molecule has 1 amide bonds. The van der Waals surface area contributed by atoms with Crippen LogP contribution in [0.2, 0.25) is 0 Å². The Labute approximate surface area is 125 Å². The molecule has 108 valence electrons. The normalized spacial score (nSPS) is 21.3. The molecule has 0 saturated carbocycles. The molecule has 20 heavy (non-hydrogen) atoms. The van der Waals surface area contributed by atoms with Crippen LogP contribution in [0.15, 0.2) is 17.0 Å². The minimum absolute atomic E-state index is 0.234. The molecule has 2 aliphatic rings. The van der Waals surface area contributed by atoms with Crippen molar-refractivity contribution < 1.29 is 4.79 Å². The van der Waals surface area contributed by atoms with Crippen molar-refractivity contribution in [1.29, 1.82) is 0 Å². The average Bonchev–Trinajstić information content (AvgIpc) is 2.72. The van der Waals surface area contributed by atoms with Crippen molar-refractivity contribution in [3.05, 3.63) is 28.8 Å². The maximum absolute atomic E-state index is 12.7. The molecule has 0 bridgehead atoms. The van der Waals surface area contributed by atoms with Gasteiger partial charge in [-0.25, -0.2) is 0 Å². The third-order valence-electron chi connectivity index (χ3n) is 4.04. The molecule has 0 radical (unpaired) electrons. The molecule has 1 unspecified atom stereocenters. The van der Waals surface area contributed by atoms with Gasteiger partial charge in [0, 0.05) is 29.8 Å². The molecule has 0 aromatic heterocycles. The van der Waals surface area contributed by atoms with Crippen LogP contribution in [0.25, 0.3) is 0 Å². The van der Waals surface area contributed by atoms with Crippen molar-refractivity contribution >= 4 is 17.7 Å². The molecular formula is C16H22N2OS. The van der Waals surface area contributed by atoms with E-state index in [0.29, 0.717) is 5.25 Å². The lowest BCUT2D eigenvalue weighted by Gasteiger charge is -2.30. The quantitative estimate of drug-likeness (QED) is 0.869. The number of piperazine rings is 1. The number of amides is 1. The van der Waals surface area contributed by atoms with E-state index in [4.69, 9.17) is 0 Å². The lowest BCUT2D eigenvalue weighted by molar-refractivity contribution is 0.0688. The monoisotopic (exact) mass is 290 g/mol. The minimum Gasteiger partial charge on any atom is -0.329 e. The van der Waals surface area contributed by atoms with Gasteiger partial charge < -0.3 is 10.2 Å². The second-order valence-electron chi connectivity index (χ2n) is 5.80. The van der Waals surface area contributed by atoms with Gasteiger partial charge in [0.25, 0.3) is 5.91 Å². The van der Waals surface area contributed by atoms with Crippen molar-refractivity contribution in [3.8, 4) is 0 Å². The number of benzene rings is 1. The zero-order chi connectivity index (χ0) is 14.3.